The average Bonchev–Trinajstić information content (AvgIpc) is 2.52. The van der Waals surface area contributed by atoms with Crippen LogP contribution in [0.1, 0.15) is 15.9 Å². The number of hydrogen-bond donors (Lipinski definition) is 0. The number of benzene rings is 2. The van der Waals surface area contributed by atoms with Crippen molar-refractivity contribution in [1.29, 1.82) is 0 Å². The first-order valence-electron chi connectivity index (χ1n) is 6.31. The third-order valence-electron chi connectivity index (χ3n) is 3.15. The lowest BCUT2D eigenvalue weighted by atomic mass is 9.97. The van der Waals surface area contributed by atoms with Crippen molar-refractivity contribution in [2.24, 2.45) is 0 Å². The normalized spacial score (nSPS) is 11.1. The number of rotatable bonds is 3. The van der Waals surface area contributed by atoms with E-state index in [9.17, 15) is 18.0 Å². The summed E-state index contributed by atoms with van der Waals surface area (Å²) in [4.78, 5) is 11.8. The van der Waals surface area contributed by atoms with Crippen LogP contribution in [0.2, 0.25) is 0 Å². The topological polar surface area (TPSA) is 35.5 Å². The molecule has 0 aliphatic rings. The van der Waals surface area contributed by atoms with Gasteiger partial charge in [0.2, 0.25) is 0 Å². The molecule has 0 atom stereocenters. The number of ether oxygens (including phenoxy) is 2. The van der Waals surface area contributed by atoms with Gasteiger partial charge in [-0.05, 0) is 29.8 Å². The molecule has 0 aliphatic carbocycles. The Bertz CT molecular complexity index is 676. The Balaban J connectivity index is 2.58. The van der Waals surface area contributed by atoms with E-state index in [0.717, 1.165) is 12.1 Å². The molecule has 0 saturated carbocycles. The highest BCUT2D eigenvalue weighted by Crippen LogP contribution is 2.36. The van der Waals surface area contributed by atoms with E-state index in [-0.39, 0.29) is 5.56 Å². The number of methoxy groups -OCH3 is 2. The minimum atomic E-state index is -4.41. The fourth-order valence-corrected chi connectivity index (χ4v) is 2.10. The van der Waals surface area contributed by atoms with E-state index >= 15 is 0 Å². The van der Waals surface area contributed by atoms with Crippen LogP contribution >= 0.6 is 0 Å². The quantitative estimate of drug-likeness (QED) is 0.798. The molecule has 0 radical (unpaired) electrons. The van der Waals surface area contributed by atoms with Crippen LogP contribution in [0.4, 0.5) is 13.2 Å². The van der Waals surface area contributed by atoms with Crippen LogP contribution in [-0.4, -0.2) is 20.2 Å². The molecule has 0 aromatic heterocycles. The lowest BCUT2D eigenvalue weighted by Gasteiger charge is -2.14. The summed E-state index contributed by atoms with van der Waals surface area (Å²) in [6.07, 6.45) is -4.41. The highest BCUT2D eigenvalue weighted by atomic mass is 19.4. The van der Waals surface area contributed by atoms with E-state index in [1.165, 1.54) is 32.4 Å². The van der Waals surface area contributed by atoms with Gasteiger partial charge in [0.15, 0.2) is 0 Å². The standard InChI is InChI=1S/C16H13F3O3/c1-21-13-5-3-4-12(15(20)22-2)14(13)10-6-8-11(9-7-10)16(17,18)19/h3-9H,1-2H3. The highest BCUT2D eigenvalue weighted by Gasteiger charge is 2.30. The zero-order valence-electron chi connectivity index (χ0n) is 11.9. The second-order valence-corrected chi connectivity index (χ2v) is 4.45. The van der Waals surface area contributed by atoms with Gasteiger partial charge in [0, 0.05) is 5.56 Å². The largest absolute Gasteiger partial charge is 0.496 e. The second-order valence-electron chi connectivity index (χ2n) is 4.45. The number of esters is 1. The molecule has 0 spiro atoms. The van der Waals surface area contributed by atoms with E-state index in [0.29, 0.717) is 16.9 Å². The van der Waals surface area contributed by atoms with Crippen LogP contribution < -0.4 is 4.74 Å². The van der Waals surface area contributed by atoms with Gasteiger partial charge in [-0.3, -0.25) is 0 Å². The van der Waals surface area contributed by atoms with Gasteiger partial charge < -0.3 is 9.47 Å². The first-order valence-corrected chi connectivity index (χ1v) is 6.31. The summed E-state index contributed by atoms with van der Waals surface area (Å²) in [7, 11) is 2.66. The smallest absolute Gasteiger partial charge is 0.416 e. The molecular weight excluding hydrogens is 297 g/mol. The molecule has 0 bridgehead atoms. The Hall–Kier alpha value is -2.50. The lowest BCUT2D eigenvalue weighted by Crippen LogP contribution is -2.06. The molecular formula is C16H13F3O3. The molecule has 0 unspecified atom stereocenters. The molecule has 0 heterocycles. The zero-order valence-corrected chi connectivity index (χ0v) is 11.9. The second kappa shape index (κ2) is 6.09. The molecule has 22 heavy (non-hydrogen) atoms. The van der Waals surface area contributed by atoms with E-state index in [2.05, 4.69) is 0 Å². The maximum atomic E-state index is 12.6. The molecule has 0 saturated heterocycles. The molecule has 116 valence electrons. The van der Waals surface area contributed by atoms with Crippen LogP contribution in [0, 0.1) is 0 Å². The van der Waals surface area contributed by atoms with Gasteiger partial charge >= 0.3 is 12.1 Å². The minimum absolute atomic E-state index is 0.224. The number of alkyl halides is 3. The molecule has 6 heteroatoms. The summed E-state index contributed by atoms with van der Waals surface area (Å²) >= 11 is 0. The lowest BCUT2D eigenvalue weighted by molar-refractivity contribution is -0.137. The van der Waals surface area contributed by atoms with Crippen LogP contribution in [-0.2, 0) is 10.9 Å². The third kappa shape index (κ3) is 3.05. The van der Waals surface area contributed by atoms with Gasteiger partial charge in [-0.15, -0.1) is 0 Å². The molecule has 2 aromatic rings. The number of halogens is 3. The third-order valence-corrected chi connectivity index (χ3v) is 3.15. The maximum Gasteiger partial charge on any atom is 0.416 e. The zero-order chi connectivity index (χ0) is 16.3. The number of carbonyl (C=O) groups excluding carboxylic acids is 1. The van der Waals surface area contributed by atoms with E-state index < -0.39 is 17.7 Å². The van der Waals surface area contributed by atoms with Crippen LogP contribution in [0.15, 0.2) is 42.5 Å². The SMILES string of the molecule is COC(=O)c1cccc(OC)c1-c1ccc(C(F)(F)F)cc1. The van der Waals surface area contributed by atoms with Crippen LogP contribution in [0.3, 0.4) is 0 Å². The number of carbonyl (C=O) groups is 1. The van der Waals surface area contributed by atoms with Crippen LogP contribution in [0.5, 0.6) is 5.75 Å². The van der Waals surface area contributed by atoms with Crippen molar-refractivity contribution in [2.75, 3.05) is 14.2 Å². The Labute approximate surface area is 125 Å². The van der Waals surface area contributed by atoms with E-state index in [1.807, 2.05) is 0 Å². The Morgan fingerprint density at radius 3 is 2.14 bits per heavy atom. The molecule has 3 nitrogen and oxygen atoms in total. The van der Waals surface area contributed by atoms with E-state index in [4.69, 9.17) is 9.47 Å². The van der Waals surface area contributed by atoms with Crippen molar-refractivity contribution in [2.45, 2.75) is 6.18 Å². The Kier molecular flexibility index (Phi) is 4.40. The van der Waals surface area contributed by atoms with Crippen molar-refractivity contribution in [3.8, 4) is 16.9 Å². The summed E-state index contributed by atoms with van der Waals surface area (Å²) in [6, 6.07) is 9.28. The average molecular weight is 310 g/mol. The summed E-state index contributed by atoms with van der Waals surface area (Å²) in [6.45, 7) is 0. The van der Waals surface area contributed by atoms with Crippen LogP contribution in [0.25, 0.3) is 11.1 Å². The van der Waals surface area contributed by atoms with Gasteiger partial charge in [0.25, 0.3) is 0 Å². The predicted octanol–water partition coefficient (Wildman–Crippen LogP) is 4.17. The first-order chi connectivity index (χ1) is 10.4. The van der Waals surface area contributed by atoms with Gasteiger partial charge in [-0.2, -0.15) is 13.2 Å². The molecule has 0 aliphatic heterocycles. The number of hydrogen-bond acceptors (Lipinski definition) is 3. The molecule has 0 N–H and O–H groups in total. The van der Waals surface area contributed by atoms with Crippen molar-refractivity contribution in [1.82, 2.24) is 0 Å². The summed E-state index contributed by atoms with van der Waals surface area (Å²) in [5.41, 5.74) is 0.295. The summed E-state index contributed by atoms with van der Waals surface area (Å²) in [5, 5.41) is 0. The minimum Gasteiger partial charge on any atom is -0.496 e. The fraction of sp³-hybridized carbons (Fsp3) is 0.188. The summed E-state index contributed by atoms with van der Waals surface area (Å²) in [5.74, 6) is -0.212. The molecule has 0 amide bonds. The molecule has 0 fully saturated rings. The highest BCUT2D eigenvalue weighted by molar-refractivity contribution is 5.99. The Morgan fingerprint density at radius 2 is 1.64 bits per heavy atom. The predicted molar refractivity (Wildman–Crippen MR) is 74.8 cm³/mol. The van der Waals surface area contributed by atoms with Crippen molar-refractivity contribution < 1.29 is 27.4 Å². The summed E-state index contributed by atoms with van der Waals surface area (Å²) < 4.78 is 47.8. The van der Waals surface area contributed by atoms with Gasteiger partial charge in [0.05, 0.1) is 25.3 Å². The fourth-order valence-electron chi connectivity index (χ4n) is 2.10. The molecule has 2 rings (SSSR count). The Morgan fingerprint density at radius 1 is 1.00 bits per heavy atom. The van der Waals surface area contributed by atoms with Gasteiger partial charge in [0.1, 0.15) is 5.75 Å². The maximum absolute atomic E-state index is 12.6. The van der Waals surface area contributed by atoms with Crippen molar-refractivity contribution >= 4 is 5.97 Å². The molecule has 2 aromatic carbocycles. The van der Waals surface area contributed by atoms with Crippen molar-refractivity contribution in [3.05, 3.63) is 53.6 Å². The monoisotopic (exact) mass is 310 g/mol. The van der Waals surface area contributed by atoms with Gasteiger partial charge in [-0.1, -0.05) is 18.2 Å². The van der Waals surface area contributed by atoms with Gasteiger partial charge in [-0.25, -0.2) is 4.79 Å². The van der Waals surface area contributed by atoms with Crippen molar-refractivity contribution in [3.63, 3.8) is 0 Å². The van der Waals surface area contributed by atoms with E-state index in [1.54, 1.807) is 12.1 Å². The first kappa shape index (κ1) is 15.9.